The minimum Gasteiger partial charge on any atom is -0.481 e. The summed E-state index contributed by atoms with van der Waals surface area (Å²) in [7, 11) is 1.62. The molecule has 130 valence electrons. The van der Waals surface area contributed by atoms with E-state index in [4.69, 9.17) is 10.2 Å². The second kappa shape index (κ2) is 7.91. The largest absolute Gasteiger partial charge is 0.481 e. The maximum absolute atomic E-state index is 12.5. The summed E-state index contributed by atoms with van der Waals surface area (Å²) in [4.78, 5) is 47.8. The number of nitrogens with one attached hydrogen (secondary N) is 2. The Hall–Kier alpha value is -2.16. The average molecular weight is 329 g/mol. The van der Waals surface area contributed by atoms with Gasteiger partial charge in [0.1, 0.15) is 11.6 Å². The van der Waals surface area contributed by atoms with Gasteiger partial charge in [-0.2, -0.15) is 0 Å². The van der Waals surface area contributed by atoms with E-state index in [1.165, 1.54) is 4.90 Å². The molecule has 2 atom stereocenters. The van der Waals surface area contributed by atoms with Gasteiger partial charge in [-0.05, 0) is 33.2 Å². The van der Waals surface area contributed by atoms with Gasteiger partial charge in [0.2, 0.25) is 11.8 Å². The zero-order valence-corrected chi connectivity index (χ0v) is 13.3. The average Bonchev–Trinajstić information content (AvgIpc) is 2.86. The first-order valence-electron chi connectivity index (χ1n) is 7.43. The van der Waals surface area contributed by atoms with Gasteiger partial charge in [0.05, 0.1) is 6.54 Å². The highest BCUT2D eigenvalue weighted by atomic mass is 16.4. The third kappa shape index (κ3) is 4.65. The molecular weight excluding hydrogens is 306 g/mol. The van der Waals surface area contributed by atoms with E-state index in [-0.39, 0.29) is 25.3 Å². The fourth-order valence-electron chi connectivity index (χ4n) is 2.68. The van der Waals surface area contributed by atoms with Crippen LogP contribution in [0.15, 0.2) is 0 Å². The monoisotopic (exact) mass is 329 g/mol. The fraction of sp³-hybridized carbons (Fsp3) is 0.714. The minimum atomic E-state index is -1.30. The standard InChI is InChI=1S/C14H23N3O6/c1-14(6-3-7-17(14)10(18)8-15-2)13(23)16-9(12(21)22)4-5-11(19)20/h9,15H,3-8H2,1-2H3,(H,16,23)(H,19,20)(H,21,22)/t9-,14-/m0/s1. The fourth-order valence-corrected chi connectivity index (χ4v) is 2.68. The van der Waals surface area contributed by atoms with Crippen molar-refractivity contribution in [2.24, 2.45) is 0 Å². The van der Waals surface area contributed by atoms with Crippen molar-refractivity contribution in [2.45, 2.75) is 44.2 Å². The molecule has 0 radical (unpaired) electrons. The first-order valence-corrected chi connectivity index (χ1v) is 7.43. The van der Waals surface area contributed by atoms with Crippen LogP contribution in [0.1, 0.15) is 32.6 Å². The Morgan fingerprint density at radius 1 is 1.26 bits per heavy atom. The van der Waals surface area contributed by atoms with E-state index >= 15 is 0 Å². The number of likely N-dealkylation sites (N-methyl/N-ethyl adjacent to an activating group) is 1. The van der Waals surface area contributed by atoms with Crippen LogP contribution in [-0.2, 0) is 19.2 Å². The number of carboxylic acid groups (broad SMARTS) is 2. The number of aliphatic carboxylic acids is 2. The van der Waals surface area contributed by atoms with Crippen molar-refractivity contribution >= 4 is 23.8 Å². The Morgan fingerprint density at radius 3 is 2.43 bits per heavy atom. The van der Waals surface area contributed by atoms with E-state index in [0.717, 1.165) is 0 Å². The third-order valence-corrected chi connectivity index (χ3v) is 4.01. The normalized spacial score (nSPS) is 21.7. The Kier molecular flexibility index (Phi) is 6.49. The lowest BCUT2D eigenvalue weighted by Gasteiger charge is -2.34. The van der Waals surface area contributed by atoms with Crippen molar-refractivity contribution in [2.75, 3.05) is 20.1 Å². The Balaban J connectivity index is 2.81. The second-order valence-corrected chi connectivity index (χ2v) is 5.75. The van der Waals surface area contributed by atoms with E-state index in [0.29, 0.717) is 19.4 Å². The van der Waals surface area contributed by atoms with Crippen LogP contribution < -0.4 is 10.6 Å². The van der Waals surface area contributed by atoms with Crippen molar-refractivity contribution in [3.8, 4) is 0 Å². The zero-order valence-electron chi connectivity index (χ0n) is 13.3. The number of likely N-dealkylation sites (tertiary alicyclic amines) is 1. The van der Waals surface area contributed by atoms with Crippen LogP contribution in [-0.4, -0.2) is 70.6 Å². The molecule has 0 bridgehead atoms. The Labute approximate surface area is 134 Å². The van der Waals surface area contributed by atoms with Crippen molar-refractivity contribution in [3.05, 3.63) is 0 Å². The molecule has 0 spiro atoms. The summed E-state index contributed by atoms with van der Waals surface area (Å²) in [6.45, 7) is 2.11. The van der Waals surface area contributed by atoms with Crippen molar-refractivity contribution in [1.29, 1.82) is 0 Å². The van der Waals surface area contributed by atoms with Crippen LogP contribution in [0.2, 0.25) is 0 Å². The highest BCUT2D eigenvalue weighted by molar-refractivity contribution is 5.94. The molecule has 1 rings (SSSR count). The van der Waals surface area contributed by atoms with E-state index in [1.54, 1.807) is 14.0 Å². The number of rotatable bonds is 8. The Morgan fingerprint density at radius 2 is 1.91 bits per heavy atom. The molecule has 1 heterocycles. The first-order chi connectivity index (χ1) is 10.7. The van der Waals surface area contributed by atoms with E-state index in [9.17, 15) is 19.2 Å². The summed E-state index contributed by atoms with van der Waals surface area (Å²) >= 11 is 0. The third-order valence-electron chi connectivity index (χ3n) is 4.01. The smallest absolute Gasteiger partial charge is 0.326 e. The molecular formula is C14H23N3O6. The molecule has 9 heteroatoms. The number of carboxylic acids is 2. The van der Waals surface area contributed by atoms with Gasteiger partial charge < -0.3 is 25.7 Å². The highest BCUT2D eigenvalue weighted by Gasteiger charge is 2.46. The lowest BCUT2D eigenvalue weighted by molar-refractivity contribution is -0.147. The SMILES string of the molecule is CNCC(=O)N1CCC[C@@]1(C)C(=O)N[C@@H](CCC(=O)O)C(=O)O. The number of hydrogen-bond donors (Lipinski definition) is 4. The molecule has 23 heavy (non-hydrogen) atoms. The van der Waals surface area contributed by atoms with Crippen LogP contribution >= 0.6 is 0 Å². The van der Waals surface area contributed by atoms with E-state index in [1.807, 2.05) is 0 Å². The number of amides is 2. The molecule has 1 aliphatic heterocycles. The predicted octanol–water partition coefficient (Wildman–Crippen LogP) is -0.979. The van der Waals surface area contributed by atoms with Crippen LogP contribution in [0.5, 0.6) is 0 Å². The summed E-state index contributed by atoms with van der Waals surface area (Å²) in [5, 5.41) is 22.9. The van der Waals surface area contributed by atoms with Gasteiger partial charge in [-0.25, -0.2) is 4.79 Å². The molecule has 0 aromatic heterocycles. The molecule has 4 N–H and O–H groups in total. The number of hydrogen-bond acceptors (Lipinski definition) is 5. The molecule has 1 aliphatic rings. The summed E-state index contributed by atoms with van der Waals surface area (Å²) in [5.74, 6) is -3.24. The maximum Gasteiger partial charge on any atom is 0.326 e. The molecule has 0 aromatic carbocycles. The lowest BCUT2D eigenvalue weighted by Crippen LogP contribution is -2.59. The van der Waals surface area contributed by atoms with Crippen molar-refractivity contribution in [3.63, 3.8) is 0 Å². The zero-order chi connectivity index (χ0) is 17.6. The van der Waals surface area contributed by atoms with Crippen molar-refractivity contribution in [1.82, 2.24) is 15.5 Å². The highest BCUT2D eigenvalue weighted by Crippen LogP contribution is 2.29. The molecule has 1 saturated heterocycles. The quantitative estimate of drug-likeness (QED) is 0.449. The van der Waals surface area contributed by atoms with Gasteiger partial charge in [0.25, 0.3) is 0 Å². The van der Waals surface area contributed by atoms with Gasteiger partial charge >= 0.3 is 11.9 Å². The topological polar surface area (TPSA) is 136 Å². The van der Waals surface area contributed by atoms with E-state index in [2.05, 4.69) is 10.6 Å². The summed E-state index contributed by atoms with van der Waals surface area (Å²) in [6, 6.07) is -1.29. The van der Waals surface area contributed by atoms with Crippen LogP contribution in [0, 0.1) is 0 Å². The summed E-state index contributed by atoms with van der Waals surface area (Å²) < 4.78 is 0. The van der Waals surface area contributed by atoms with Crippen LogP contribution in [0.4, 0.5) is 0 Å². The van der Waals surface area contributed by atoms with Gasteiger partial charge in [-0.1, -0.05) is 0 Å². The van der Waals surface area contributed by atoms with Crippen LogP contribution in [0.25, 0.3) is 0 Å². The second-order valence-electron chi connectivity index (χ2n) is 5.75. The maximum atomic E-state index is 12.5. The predicted molar refractivity (Wildman–Crippen MR) is 79.7 cm³/mol. The Bertz CT molecular complexity index is 495. The van der Waals surface area contributed by atoms with Gasteiger partial charge in [-0.3, -0.25) is 14.4 Å². The summed E-state index contributed by atoms with van der Waals surface area (Å²) in [5.41, 5.74) is -1.12. The van der Waals surface area contributed by atoms with Gasteiger partial charge in [-0.15, -0.1) is 0 Å². The van der Waals surface area contributed by atoms with Crippen molar-refractivity contribution < 1.29 is 29.4 Å². The molecule has 9 nitrogen and oxygen atoms in total. The van der Waals surface area contributed by atoms with Gasteiger partial charge in [0.15, 0.2) is 0 Å². The van der Waals surface area contributed by atoms with E-state index < -0.39 is 29.4 Å². The molecule has 0 unspecified atom stereocenters. The molecule has 0 aromatic rings. The molecule has 1 fully saturated rings. The number of carbonyl (C=O) groups is 4. The molecule has 0 aliphatic carbocycles. The number of nitrogens with zero attached hydrogens (tertiary/aromatic N) is 1. The van der Waals surface area contributed by atoms with Gasteiger partial charge in [0, 0.05) is 13.0 Å². The number of carbonyl (C=O) groups excluding carboxylic acids is 2. The molecule has 0 saturated carbocycles. The minimum absolute atomic E-state index is 0.0875. The summed E-state index contributed by atoms with van der Waals surface area (Å²) in [6.07, 6.45) is 0.499. The molecule has 2 amide bonds. The lowest BCUT2D eigenvalue weighted by atomic mass is 9.96. The van der Waals surface area contributed by atoms with Crippen LogP contribution in [0.3, 0.4) is 0 Å². The first kappa shape index (κ1) is 18.9.